The second-order valence-electron chi connectivity index (χ2n) is 4.40. The highest BCUT2D eigenvalue weighted by Crippen LogP contribution is 2.14. The van der Waals surface area contributed by atoms with Crippen LogP contribution in [0.2, 0.25) is 0 Å². The van der Waals surface area contributed by atoms with Crippen molar-refractivity contribution in [1.82, 2.24) is 0 Å². The van der Waals surface area contributed by atoms with E-state index in [0.717, 1.165) is 16.5 Å². The van der Waals surface area contributed by atoms with E-state index >= 15 is 0 Å². The molecule has 0 aliphatic carbocycles. The quantitative estimate of drug-likeness (QED) is 0.670. The van der Waals surface area contributed by atoms with Crippen molar-refractivity contribution in [3.05, 3.63) is 70.8 Å². The van der Waals surface area contributed by atoms with Crippen LogP contribution in [-0.2, 0) is 11.8 Å². The first-order valence-electron chi connectivity index (χ1n) is 6.11. The molecule has 4 heteroatoms. The number of aromatic carboxylic acids is 1. The van der Waals surface area contributed by atoms with Gasteiger partial charge >= 0.3 is 5.97 Å². The summed E-state index contributed by atoms with van der Waals surface area (Å²) in [4.78, 5) is 23.3. The molecule has 0 aliphatic heterocycles. The Morgan fingerprint density at radius 2 is 1.45 bits per heavy atom. The molecule has 0 heterocycles. The Hall–Kier alpha value is -1.94. The molecule has 0 aliphatic rings. The molecule has 0 saturated carbocycles. The number of carboxylic acid groups (broad SMARTS) is 1. The van der Waals surface area contributed by atoms with Gasteiger partial charge in [0.15, 0.2) is 5.78 Å². The van der Waals surface area contributed by atoms with Gasteiger partial charge in [-0.3, -0.25) is 4.79 Å². The number of Topliss-reactive ketones (excluding diaryl/α,β-unsaturated/α-hetero) is 1. The lowest BCUT2D eigenvalue weighted by atomic mass is 9.98. The first kappa shape index (κ1) is 14.5. The summed E-state index contributed by atoms with van der Waals surface area (Å²) in [5.41, 5.74) is 2.31. The Morgan fingerprint density at radius 3 is 2.00 bits per heavy atom. The highest BCUT2D eigenvalue weighted by atomic mass is 79.9. The maximum Gasteiger partial charge on any atom is 0.336 e. The predicted octanol–water partition coefficient (Wildman–Crippen LogP) is 3.71. The van der Waals surface area contributed by atoms with Gasteiger partial charge in [-0.2, -0.15) is 0 Å². The largest absolute Gasteiger partial charge is 0.478 e. The fourth-order valence-corrected chi connectivity index (χ4v) is 2.31. The molecule has 0 radical (unpaired) electrons. The third-order valence-corrected chi connectivity index (χ3v) is 3.65. The van der Waals surface area contributed by atoms with Crippen molar-refractivity contribution >= 4 is 27.7 Å². The molecule has 3 nitrogen and oxygen atoms in total. The van der Waals surface area contributed by atoms with Gasteiger partial charge in [0.2, 0.25) is 0 Å². The molecule has 0 bridgehead atoms. The van der Waals surface area contributed by atoms with Crippen LogP contribution in [0, 0.1) is 0 Å². The molecule has 2 aromatic carbocycles. The summed E-state index contributed by atoms with van der Waals surface area (Å²) in [6.45, 7) is 0. The van der Waals surface area contributed by atoms with Gasteiger partial charge in [0.25, 0.3) is 0 Å². The fraction of sp³-hybridized carbons (Fsp3) is 0.125. The molecule has 0 amide bonds. The van der Waals surface area contributed by atoms with Crippen molar-refractivity contribution in [3.63, 3.8) is 0 Å². The van der Waals surface area contributed by atoms with Crippen LogP contribution in [0.4, 0.5) is 0 Å². The molecule has 0 atom stereocenters. The minimum atomic E-state index is -1.08. The Kier molecular flexibility index (Phi) is 4.69. The Balaban J connectivity index is 2.21. The lowest BCUT2D eigenvalue weighted by molar-refractivity contribution is 0.0692. The van der Waals surface area contributed by atoms with Crippen LogP contribution in [0.3, 0.4) is 0 Å². The van der Waals surface area contributed by atoms with Crippen molar-refractivity contribution in [2.45, 2.75) is 11.8 Å². The summed E-state index contributed by atoms with van der Waals surface area (Å²) < 4.78 is 0. The van der Waals surface area contributed by atoms with Crippen LogP contribution in [0.15, 0.2) is 48.5 Å². The Labute approximate surface area is 125 Å². The van der Waals surface area contributed by atoms with E-state index in [4.69, 9.17) is 5.11 Å². The summed E-state index contributed by atoms with van der Waals surface area (Å²) >= 11 is 3.36. The van der Waals surface area contributed by atoms with Crippen LogP contribution < -0.4 is 0 Å². The summed E-state index contributed by atoms with van der Waals surface area (Å²) in [5.74, 6) is -1.27. The van der Waals surface area contributed by atoms with Gasteiger partial charge in [-0.1, -0.05) is 58.4 Å². The van der Waals surface area contributed by atoms with Crippen LogP contribution in [-0.4, -0.2) is 16.9 Å². The van der Waals surface area contributed by atoms with Crippen molar-refractivity contribution in [2.24, 2.45) is 0 Å². The van der Waals surface area contributed by atoms with Gasteiger partial charge in [-0.25, -0.2) is 4.79 Å². The van der Waals surface area contributed by atoms with Crippen molar-refractivity contribution in [2.75, 3.05) is 0 Å². The molecular formula is C16H13BrO3. The lowest BCUT2D eigenvalue weighted by Crippen LogP contribution is -2.10. The number of rotatable bonds is 5. The molecule has 2 rings (SSSR count). The van der Waals surface area contributed by atoms with E-state index < -0.39 is 5.97 Å². The zero-order valence-corrected chi connectivity index (χ0v) is 12.3. The van der Waals surface area contributed by atoms with Crippen LogP contribution >= 0.6 is 15.9 Å². The fourth-order valence-electron chi connectivity index (χ4n) is 1.94. The molecule has 20 heavy (non-hydrogen) atoms. The van der Waals surface area contributed by atoms with Gasteiger partial charge in [-0.05, 0) is 17.2 Å². The van der Waals surface area contributed by atoms with Gasteiger partial charge in [0.05, 0.1) is 5.56 Å². The maximum absolute atomic E-state index is 12.2. The average Bonchev–Trinajstić information content (AvgIpc) is 2.48. The number of halogens is 1. The standard InChI is InChI=1S/C16H13BrO3/c17-10-12-7-5-11(6-8-12)9-15(18)13-3-1-2-4-14(13)16(19)20/h1-8H,9-10H2,(H,19,20). The predicted molar refractivity (Wildman–Crippen MR) is 80.5 cm³/mol. The third kappa shape index (κ3) is 3.33. The molecule has 1 N–H and O–H groups in total. The SMILES string of the molecule is O=C(O)c1ccccc1C(=O)Cc1ccc(CBr)cc1. The highest BCUT2D eigenvalue weighted by Gasteiger charge is 2.15. The van der Waals surface area contributed by atoms with E-state index in [2.05, 4.69) is 15.9 Å². The number of carbonyl (C=O) groups excluding carboxylic acids is 1. The summed E-state index contributed by atoms with van der Waals surface area (Å²) in [5, 5.41) is 9.86. The Morgan fingerprint density at radius 1 is 0.900 bits per heavy atom. The number of alkyl halides is 1. The van der Waals surface area contributed by atoms with Crippen LogP contribution in [0.25, 0.3) is 0 Å². The number of carbonyl (C=O) groups is 2. The van der Waals surface area contributed by atoms with Gasteiger partial charge < -0.3 is 5.11 Å². The summed E-state index contributed by atoms with van der Waals surface area (Å²) in [6.07, 6.45) is 0.201. The van der Waals surface area contributed by atoms with E-state index in [1.807, 2.05) is 24.3 Å². The third-order valence-electron chi connectivity index (χ3n) is 3.00. The highest BCUT2D eigenvalue weighted by molar-refractivity contribution is 9.08. The van der Waals surface area contributed by atoms with E-state index in [-0.39, 0.29) is 23.3 Å². The maximum atomic E-state index is 12.2. The number of ketones is 1. The normalized spacial score (nSPS) is 10.2. The molecule has 0 aromatic heterocycles. The van der Waals surface area contributed by atoms with Gasteiger partial charge in [0, 0.05) is 17.3 Å². The summed E-state index contributed by atoms with van der Waals surface area (Å²) in [6, 6.07) is 14.0. The zero-order valence-electron chi connectivity index (χ0n) is 10.7. The van der Waals surface area contributed by atoms with Crippen molar-refractivity contribution < 1.29 is 14.7 Å². The number of benzene rings is 2. The minimum Gasteiger partial charge on any atom is -0.478 e. The monoisotopic (exact) mass is 332 g/mol. The summed E-state index contributed by atoms with van der Waals surface area (Å²) in [7, 11) is 0. The molecule has 0 fully saturated rings. The molecule has 0 saturated heterocycles. The van der Waals surface area contributed by atoms with Crippen LogP contribution in [0.1, 0.15) is 31.8 Å². The van der Waals surface area contributed by atoms with Crippen LogP contribution in [0.5, 0.6) is 0 Å². The molecule has 102 valence electrons. The minimum absolute atomic E-state index is 0.0505. The average molecular weight is 333 g/mol. The first-order valence-corrected chi connectivity index (χ1v) is 7.23. The number of hydrogen-bond donors (Lipinski definition) is 1. The van der Waals surface area contributed by atoms with Crippen molar-refractivity contribution in [3.8, 4) is 0 Å². The molecule has 2 aromatic rings. The zero-order chi connectivity index (χ0) is 14.5. The second kappa shape index (κ2) is 6.48. The second-order valence-corrected chi connectivity index (χ2v) is 4.96. The smallest absolute Gasteiger partial charge is 0.336 e. The number of carboxylic acids is 1. The molecule has 0 unspecified atom stereocenters. The number of hydrogen-bond acceptors (Lipinski definition) is 2. The van der Waals surface area contributed by atoms with E-state index in [0.29, 0.717) is 0 Å². The topological polar surface area (TPSA) is 54.4 Å². The molecule has 0 spiro atoms. The first-order chi connectivity index (χ1) is 9.61. The van der Waals surface area contributed by atoms with Gasteiger partial charge in [-0.15, -0.1) is 0 Å². The van der Waals surface area contributed by atoms with E-state index in [1.165, 1.54) is 6.07 Å². The van der Waals surface area contributed by atoms with E-state index in [9.17, 15) is 9.59 Å². The van der Waals surface area contributed by atoms with Crippen molar-refractivity contribution in [1.29, 1.82) is 0 Å². The Bertz CT molecular complexity index is 632. The molecular weight excluding hydrogens is 320 g/mol. The lowest BCUT2D eigenvalue weighted by Gasteiger charge is -2.05. The van der Waals surface area contributed by atoms with Gasteiger partial charge in [0.1, 0.15) is 0 Å². The van der Waals surface area contributed by atoms with E-state index in [1.54, 1.807) is 18.2 Å².